The van der Waals surface area contributed by atoms with Gasteiger partial charge in [-0.2, -0.15) is 9.61 Å². The second-order valence-corrected chi connectivity index (χ2v) is 8.07. The summed E-state index contributed by atoms with van der Waals surface area (Å²) < 4.78 is 15.9. The number of hydrogen-bond donors (Lipinski definition) is 3. The molecule has 3 atom stereocenters. The minimum Gasteiger partial charge on any atom is -0.392 e. The summed E-state index contributed by atoms with van der Waals surface area (Å²) in [6.45, 7) is 1.69. The highest BCUT2D eigenvalue weighted by Gasteiger charge is 2.36. The zero-order valence-electron chi connectivity index (χ0n) is 15.8. The predicted molar refractivity (Wildman–Crippen MR) is 105 cm³/mol. The highest BCUT2D eigenvalue weighted by Crippen LogP contribution is 2.39. The molecule has 6 nitrogen and oxygen atoms in total. The number of halogens is 1. The van der Waals surface area contributed by atoms with Crippen molar-refractivity contribution in [3.63, 3.8) is 0 Å². The molecule has 7 heteroatoms. The average molecular weight is 381 g/mol. The molecule has 2 bridgehead atoms. The second-order valence-electron chi connectivity index (χ2n) is 8.07. The van der Waals surface area contributed by atoms with Gasteiger partial charge in [-0.1, -0.05) is 12.1 Å². The molecule has 4 heterocycles. The number of aromatic nitrogens is 3. The van der Waals surface area contributed by atoms with E-state index >= 15 is 0 Å². The number of nitrogens with two attached hydrogens (primary N) is 1. The maximum atomic E-state index is 14.2. The number of aliphatic hydroxyl groups excluding tert-OH is 1. The lowest BCUT2D eigenvalue weighted by Crippen LogP contribution is -2.37. The number of fused-ring (bicyclic) bond motifs is 3. The molecular formula is C21H24FN5O. The molecule has 2 fully saturated rings. The molecule has 1 aromatic carbocycles. The van der Waals surface area contributed by atoms with E-state index in [4.69, 9.17) is 10.7 Å². The smallest absolute Gasteiger partial charge is 0.165 e. The van der Waals surface area contributed by atoms with Gasteiger partial charge in [0.1, 0.15) is 11.6 Å². The molecule has 2 unspecified atom stereocenters. The molecule has 0 saturated carbocycles. The number of benzene rings is 1. The van der Waals surface area contributed by atoms with Crippen LogP contribution in [0.3, 0.4) is 0 Å². The van der Waals surface area contributed by atoms with Crippen LogP contribution in [0.15, 0.2) is 24.4 Å². The van der Waals surface area contributed by atoms with Crippen molar-refractivity contribution >= 4 is 11.5 Å². The third-order valence-electron chi connectivity index (χ3n) is 6.36. The van der Waals surface area contributed by atoms with Crippen LogP contribution in [0.4, 0.5) is 10.2 Å². The molecule has 2 saturated heterocycles. The first-order valence-corrected chi connectivity index (χ1v) is 9.84. The third kappa shape index (κ3) is 2.69. The van der Waals surface area contributed by atoms with E-state index in [-0.39, 0.29) is 12.2 Å². The summed E-state index contributed by atoms with van der Waals surface area (Å²) in [6.07, 6.45) is 6.28. The van der Waals surface area contributed by atoms with Gasteiger partial charge in [0.2, 0.25) is 0 Å². The molecule has 4 N–H and O–H groups in total. The Morgan fingerprint density at radius 2 is 2.04 bits per heavy atom. The first-order chi connectivity index (χ1) is 13.5. The summed E-state index contributed by atoms with van der Waals surface area (Å²) in [4.78, 5) is 4.99. The van der Waals surface area contributed by atoms with Crippen LogP contribution >= 0.6 is 0 Å². The summed E-state index contributed by atoms with van der Waals surface area (Å²) in [5.41, 5.74) is 10.8. The van der Waals surface area contributed by atoms with Gasteiger partial charge in [-0.3, -0.25) is 0 Å². The van der Waals surface area contributed by atoms with Crippen LogP contribution in [0.1, 0.15) is 48.4 Å². The number of anilines is 1. The number of nitrogen functional groups attached to an aromatic ring is 1. The molecule has 2 aromatic heterocycles. The van der Waals surface area contributed by atoms with Gasteiger partial charge in [-0.05, 0) is 44.2 Å². The minimum atomic E-state index is -0.436. The number of rotatable bonds is 3. The lowest BCUT2D eigenvalue weighted by Gasteiger charge is -2.30. The van der Waals surface area contributed by atoms with Gasteiger partial charge < -0.3 is 16.2 Å². The Kier molecular flexibility index (Phi) is 4.10. The zero-order chi connectivity index (χ0) is 19.4. The highest BCUT2D eigenvalue weighted by atomic mass is 19.1. The van der Waals surface area contributed by atoms with E-state index in [0.717, 1.165) is 29.7 Å². The molecule has 28 heavy (non-hydrogen) atoms. The van der Waals surface area contributed by atoms with Crippen molar-refractivity contribution in [2.24, 2.45) is 0 Å². The van der Waals surface area contributed by atoms with Crippen molar-refractivity contribution in [3.8, 4) is 11.1 Å². The van der Waals surface area contributed by atoms with E-state index in [2.05, 4.69) is 10.4 Å². The van der Waals surface area contributed by atoms with Gasteiger partial charge in [0.05, 0.1) is 18.5 Å². The summed E-state index contributed by atoms with van der Waals surface area (Å²) in [6, 6.07) is 5.93. The second kappa shape index (κ2) is 6.53. The van der Waals surface area contributed by atoms with Gasteiger partial charge in [-0.25, -0.2) is 9.37 Å². The highest BCUT2D eigenvalue weighted by molar-refractivity contribution is 5.78. The van der Waals surface area contributed by atoms with Crippen LogP contribution in [-0.4, -0.2) is 31.8 Å². The van der Waals surface area contributed by atoms with Crippen molar-refractivity contribution in [2.75, 3.05) is 5.73 Å². The third-order valence-corrected chi connectivity index (χ3v) is 6.36. The average Bonchev–Trinajstić information content (AvgIpc) is 3.27. The van der Waals surface area contributed by atoms with Crippen molar-refractivity contribution < 1.29 is 9.50 Å². The van der Waals surface area contributed by atoms with Crippen LogP contribution in [0.25, 0.3) is 16.8 Å². The lowest BCUT2D eigenvalue weighted by molar-refractivity contribution is 0.276. The molecule has 146 valence electrons. The number of piperidine rings is 1. The molecule has 2 aliphatic rings. The van der Waals surface area contributed by atoms with Crippen molar-refractivity contribution in [3.05, 3.63) is 47.0 Å². The van der Waals surface area contributed by atoms with Gasteiger partial charge in [-0.15, -0.1) is 0 Å². The number of nitrogens with one attached hydrogen (secondary N) is 1. The normalized spacial score (nSPS) is 24.2. The Bertz CT molecular complexity index is 1050. The summed E-state index contributed by atoms with van der Waals surface area (Å²) >= 11 is 0. The minimum absolute atomic E-state index is 0.273. The fraction of sp³-hybridized carbons (Fsp3) is 0.429. The Balaban J connectivity index is 1.63. The Hall–Kier alpha value is -2.51. The van der Waals surface area contributed by atoms with Crippen molar-refractivity contribution in [2.45, 2.75) is 57.2 Å². The van der Waals surface area contributed by atoms with Crippen LogP contribution in [0.5, 0.6) is 0 Å². The molecule has 3 aromatic rings. The molecule has 0 radical (unpaired) electrons. The fourth-order valence-corrected chi connectivity index (χ4v) is 4.84. The standard InChI is InChI=1S/C21H24FN5O/c1-11-19(14-6-15-4-5-16(7-14)25-15)26-21-17(9-24-27(21)20(11)23)12-2-3-13(10-28)18(22)8-12/h2-3,8-9,14-16,25,28H,4-7,10,23H2,1H3/t14?,15-,16?/m0/s1. The van der Waals surface area contributed by atoms with E-state index in [1.807, 2.05) is 6.92 Å². The predicted octanol–water partition coefficient (Wildman–Crippen LogP) is 2.92. The van der Waals surface area contributed by atoms with Gasteiger partial charge in [0, 0.05) is 34.7 Å². The van der Waals surface area contributed by atoms with E-state index in [0.29, 0.717) is 35.0 Å². The quantitative estimate of drug-likeness (QED) is 0.649. The Morgan fingerprint density at radius 3 is 2.71 bits per heavy atom. The van der Waals surface area contributed by atoms with Crippen LogP contribution in [-0.2, 0) is 6.61 Å². The maximum Gasteiger partial charge on any atom is 0.165 e. The number of nitrogens with zero attached hydrogens (tertiary/aromatic N) is 3. The first kappa shape index (κ1) is 17.6. The van der Waals surface area contributed by atoms with Gasteiger partial charge in [0.25, 0.3) is 0 Å². The van der Waals surface area contributed by atoms with Crippen molar-refractivity contribution in [1.82, 2.24) is 19.9 Å². The Labute approximate surface area is 162 Å². The monoisotopic (exact) mass is 381 g/mol. The van der Waals surface area contributed by atoms with Crippen LogP contribution in [0.2, 0.25) is 0 Å². The number of aliphatic hydroxyl groups is 1. The summed E-state index contributed by atoms with van der Waals surface area (Å²) in [7, 11) is 0. The lowest BCUT2D eigenvalue weighted by atomic mass is 9.87. The van der Waals surface area contributed by atoms with Gasteiger partial charge >= 0.3 is 0 Å². The SMILES string of the molecule is Cc1c(C2CC3CC[C@@H](C2)N3)nc2c(-c3ccc(CO)c(F)c3)cnn2c1N. The number of hydrogen-bond acceptors (Lipinski definition) is 5. The first-order valence-electron chi connectivity index (χ1n) is 9.84. The topological polar surface area (TPSA) is 88.5 Å². The zero-order valence-corrected chi connectivity index (χ0v) is 15.8. The Morgan fingerprint density at radius 1 is 1.29 bits per heavy atom. The van der Waals surface area contributed by atoms with Crippen molar-refractivity contribution in [1.29, 1.82) is 0 Å². The largest absolute Gasteiger partial charge is 0.392 e. The van der Waals surface area contributed by atoms with Crippen LogP contribution in [0, 0.1) is 12.7 Å². The van der Waals surface area contributed by atoms with E-state index in [1.165, 1.54) is 18.9 Å². The molecule has 2 aliphatic heterocycles. The van der Waals surface area contributed by atoms with E-state index in [9.17, 15) is 9.50 Å². The van der Waals surface area contributed by atoms with E-state index in [1.54, 1.807) is 22.8 Å². The van der Waals surface area contributed by atoms with Crippen LogP contribution < -0.4 is 11.1 Å². The maximum absolute atomic E-state index is 14.2. The molecular weight excluding hydrogens is 357 g/mol. The fourth-order valence-electron chi connectivity index (χ4n) is 4.84. The molecule has 0 spiro atoms. The van der Waals surface area contributed by atoms with Gasteiger partial charge in [0.15, 0.2) is 5.65 Å². The molecule has 5 rings (SSSR count). The van der Waals surface area contributed by atoms with E-state index < -0.39 is 5.82 Å². The molecule has 0 amide bonds. The summed E-state index contributed by atoms with van der Waals surface area (Å²) in [5, 5.41) is 17.3. The molecule has 0 aliphatic carbocycles. The summed E-state index contributed by atoms with van der Waals surface area (Å²) in [5.74, 6) is 0.529.